The highest BCUT2D eigenvalue weighted by Crippen LogP contribution is 2.29. The van der Waals surface area contributed by atoms with E-state index in [2.05, 4.69) is 25.8 Å². The maximum Gasteiger partial charge on any atom is 0.177 e. The van der Waals surface area contributed by atoms with E-state index in [0.717, 1.165) is 22.2 Å². The molecule has 1 fully saturated rings. The Morgan fingerprint density at radius 1 is 1.00 bits per heavy atom. The predicted molar refractivity (Wildman–Crippen MR) is 103 cm³/mol. The van der Waals surface area contributed by atoms with Crippen LogP contribution in [0.3, 0.4) is 0 Å². The minimum absolute atomic E-state index is 0.629. The number of piperidine rings is 1. The van der Waals surface area contributed by atoms with Crippen LogP contribution < -0.4 is 0 Å². The Hall–Kier alpha value is -2.08. The SMILES string of the molecule is C[C@H]1CCCC[N+]1(C)CC#CC(O)(c1ccccc1)c1ccccc1. The van der Waals surface area contributed by atoms with E-state index in [0.29, 0.717) is 6.04 Å². The summed E-state index contributed by atoms with van der Waals surface area (Å²) in [6.07, 6.45) is 3.85. The minimum Gasteiger partial charge on any atom is -0.369 e. The third-order valence-electron chi connectivity index (χ3n) is 5.70. The van der Waals surface area contributed by atoms with Crippen molar-refractivity contribution in [3.63, 3.8) is 0 Å². The second-order valence-corrected chi connectivity index (χ2v) is 7.45. The molecule has 2 atom stereocenters. The van der Waals surface area contributed by atoms with Crippen LogP contribution in [0.5, 0.6) is 0 Å². The van der Waals surface area contributed by atoms with Crippen molar-refractivity contribution >= 4 is 0 Å². The lowest BCUT2D eigenvalue weighted by atomic mass is 9.87. The summed E-state index contributed by atoms with van der Waals surface area (Å²) >= 11 is 0. The van der Waals surface area contributed by atoms with Crippen LogP contribution in [0.1, 0.15) is 37.3 Å². The second kappa shape index (κ2) is 7.44. The Morgan fingerprint density at radius 3 is 2.08 bits per heavy atom. The molecular weight excluding hydrogens is 306 g/mol. The molecule has 0 amide bonds. The van der Waals surface area contributed by atoms with Crippen molar-refractivity contribution in [2.75, 3.05) is 20.1 Å². The monoisotopic (exact) mass is 334 g/mol. The number of benzene rings is 2. The van der Waals surface area contributed by atoms with Crippen LogP contribution in [0.4, 0.5) is 0 Å². The zero-order chi connectivity index (χ0) is 17.8. The molecule has 0 spiro atoms. The summed E-state index contributed by atoms with van der Waals surface area (Å²) in [5.41, 5.74) is 0.381. The molecule has 2 nitrogen and oxygen atoms in total. The van der Waals surface area contributed by atoms with Crippen molar-refractivity contribution in [3.8, 4) is 11.8 Å². The maximum absolute atomic E-state index is 11.5. The van der Waals surface area contributed by atoms with Gasteiger partial charge in [0.2, 0.25) is 0 Å². The number of hydrogen-bond acceptors (Lipinski definition) is 1. The topological polar surface area (TPSA) is 20.2 Å². The van der Waals surface area contributed by atoms with Gasteiger partial charge in [0.05, 0.1) is 19.6 Å². The molecule has 0 saturated carbocycles. The van der Waals surface area contributed by atoms with Crippen molar-refractivity contribution in [1.82, 2.24) is 0 Å². The highest BCUT2D eigenvalue weighted by atomic mass is 16.3. The summed E-state index contributed by atoms with van der Waals surface area (Å²) < 4.78 is 0.979. The molecule has 0 bridgehead atoms. The summed E-state index contributed by atoms with van der Waals surface area (Å²) in [5.74, 6) is 6.55. The molecule has 1 heterocycles. The smallest absolute Gasteiger partial charge is 0.177 e. The van der Waals surface area contributed by atoms with Crippen LogP contribution >= 0.6 is 0 Å². The lowest BCUT2D eigenvalue weighted by Gasteiger charge is -2.42. The number of rotatable bonds is 3. The van der Waals surface area contributed by atoms with Gasteiger partial charge in [-0.2, -0.15) is 0 Å². The van der Waals surface area contributed by atoms with Crippen molar-refractivity contribution in [3.05, 3.63) is 71.8 Å². The highest BCUT2D eigenvalue weighted by molar-refractivity contribution is 5.44. The van der Waals surface area contributed by atoms with E-state index in [1.54, 1.807) is 0 Å². The summed E-state index contributed by atoms with van der Waals surface area (Å²) in [6.45, 7) is 4.27. The maximum atomic E-state index is 11.5. The van der Waals surface area contributed by atoms with Gasteiger partial charge in [-0.05, 0) is 32.1 Å². The number of aliphatic hydroxyl groups is 1. The molecule has 1 aliphatic rings. The molecule has 0 aliphatic carbocycles. The summed E-state index contributed by atoms with van der Waals surface area (Å²) in [6, 6.07) is 20.1. The minimum atomic E-state index is -1.26. The van der Waals surface area contributed by atoms with Crippen LogP contribution in [0.15, 0.2) is 60.7 Å². The first-order valence-corrected chi connectivity index (χ1v) is 9.22. The fourth-order valence-electron chi connectivity index (χ4n) is 3.70. The Balaban J connectivity index is 1.92. The molecular formula is C23H28NO+. The average Bonchev–Trinajstić information content (AvgIpc) is 2.65. The molecule has 1 N–H and O–H groups in total. The van der Waals surface area contributed by atoms with E-state index in [9.17, 15) is 5.11 Å². The van der Waals surface area contributed by atoms with Crippen molar-refractivity contribution < 1.29 is 9.59 Å². The lowest BCUT2D eigenvalue weighted by Crippen LogP contribution is -2.54. The fourth-order valence-corrected chi connectivity index (χ4v) is 3.70. The van der Waals surface area contributed by atoms with Gasteiger partial charge in [0.1, 0.15) is 6.54 Å². The van der Waals surface area contributed by atoms with Crippen molar-refractivity contribution in [1.29, 1.82) is 0 Å². The van der Waals surface area contributed by atoms with Crippen LogP contribution in [0.25, 0.3) is 0 Å². The molecule has 25 heavy (non-hydrogen) atoms. The molecule has 1 aliphatic heterocycles. The first-order valence-electron chi connectivity index (χ1n) is 9.22. The summed E-state index contributed by atoms with van der Waals surface area (Å²) in [5, 5.41) is 11.5. The molecule has 2 aromatic rings. The summed E-state index contributed by atoms with van der Waals surface area (Å²) in [4.78, 5) is 0. The first-order chi connectivity index (χ1) is 12.0. The standard InChI is InChI=1S/C23H28NO/c1-20-12-9-10-18-24(20,2)19-11-17-23(25,21-13-5-3-6-14-21)22-15-7-4-8-16-22/h3-8,13-16,20,25H,9-10,12,18-19H2,1-2H3/q+1/t20-,24?/m0/s1. The molecule has 3 rings (SSSR count). The van der Waals surface area contributed by atoms with E-state index in [-0.39, 0.29) is 0 Å². The van der Waals surface area contributed by atoms with E-state index in [4.69, 9.17) is 0 Å². The number of nitrogens with zero attached hydrogens (tertiary/aromatic N) is 1. The van der Waals surface area contributed by atoms with Gasteiger partial charge in [0, 0.05) is 11.1 Å². The second-order valence-electron chi connectivity index (χ2n) is 7.45. The molecule has 1 unspecified atom stereocenters. The van der Waals surface area contributed by atoms with E-state index >= 15 is 0 Å². The number of likely N-dealkylation sites (tertiary alicyclic amines) is 1. The number of quaternary nitrogens is 1. The first kappa shape index (κ1) is 17.7. The number of hydrogen-bond donors (Lipinski definition) is 1. The molecule has 130 valence electrons. The van der Waals surface area contributed by atoms with Gasteiger partial charge in [0.15, 0.2) is 5.60 Å². The Bertz CT molecular complexity index is 704. The van der Waals surface area contributed by atoms with Crippen molar-refractivity contribution in [2.45, 2.75) is 37.8 Å². The van der Waals surface area contributed by atoms with Crippen molar-refractivity contribution in [2.24, 2.45) is 0 Å². The zero-order valence-electron chi connectivity index (χ0n) is 15.3. The van der Waals surface area contributed by atoms with Gasteiger partial charge in [-0.3, -0.25) is 0 Å². The third kappa shape index (κ3) is 3.79. The van der Waals surface area contributed by atoms with Crippen LogP contribution in [-0.4, -0.2) is 35.8 Å². The molecule has 2 aromatic carbocycles. The van der Waals surface area contributed by atoms with Gasteiger partial charge in [-0.1, -0.05) is 66.6 Å². The van der Waals surface area contributed by atoms with Gasteiger partial charge in [-0.15, -0.1) is 0 Å². The van der Waals surface area contributed by atoms with E-state index in [1.807, 2.05) is 60.7 Å². The summed E-state index contributed by atoms with van der Waals surface area (Å²) in [7, 11) is 2.29. The van der Waals surface area contributed by atoms with E-state index < -0.39 is 5.60 Å². The van der Waals surface area contributed by atoms with Crippen LogP contribution in [-0.2, 0) is 5.60 Å². The van der Waals surface area contributed by atoms with Gasteiger partial charge < -0.3 is 9.59 Å². The molecule has 2 heteroatoms. The normalized spacial score (nSPS) is 23.6. The largest absolute Gasteiger partial charge is 0.369 e. The Labute approximate surface area is 151 Å². The van der Waals surface area contributed by atoms with Crippen LogP contribution in [0, 0.1) is 11.8 Å². The molecule has 0 radical (unpaired) electrons. The zero-order valence-corrected chi connectivity index (χ0v) is 15.3. The van der Waals surface area contributed by atoms with E-state index in [1.165, 1.54) is 25.8 Å². The molecule has 1 saturated heterocycles. The van der Waals surface area contributed by atoms with Gasteiger partial charge in [0.25, 0.3) is 0 Å². The van der Waals surface area contributed by atoms with Crippen LogP contribution in [0.2, 0.25) is 0 Å². The van der Waals surface area contributed by atoms with Gasteiger partial charge in [-0.25, -0.2) is 0 Å². The predicted octanol–water partition coefficient (Wildman–Crippen LogP) is 3.94. The fraction of sp³-hybridized carbons (Fsp3) is 0.391. The third-order valence-corrected chi connectivity index (χ3v) is 5.70. The molecule has 0 aromatic heterocycles. The highest BCUT2D eigenvalue weighted by Gasteiger charge is 2.32. The Kier molecular flexibility index (Phi) is 5.27. The van der Waals surface area contributed by atoms with Gasteiger partial charge >= 0.3 is 0 Å². The quantitative estimate of drug-likeness (QED) is 0.666. The average molecular weight is 334 g/mol. The lowest BCUT2D eigenvalue weighted by molar-refractivity contribution is -0.929. The Morgan fingerprint density at radius 2 is 1.56 bits per heavy atom.